The van der Waals surface area contributed by atoms with E-state index in [1.54, 1.807) is 0 Å². The fraction of sp³-hybridized carbons (Fsp3) is 0. The van der Waals surface area contributed by atoms with Gasteiger partial charge in [-0.2, -0.15) is 0 Å². The molecule has 0 saturated heterocycles. The van der Waals surface area contributed by atoms with Crippen molar-refractivity contribution in [1.29, 1.82) is 0 Å². The third-order valence-electron chi connectivity index (χ3n) is 3.10. The van der Waals surface area contributed by atoms with Crippen molar-refractivity contribution < 1.29 is 38.9 Å². The van der Waals surface area contributed by atoms with Crippen LogP contribution in [0.3, 0.4) is 0 Å². The van der Waals surface area contributed by atoms with E-state index in [0.717, 1.165) is 6.07 Å². The van der Waals surface area contributed by atoms with Gasteiger partial charge in [-0.1, -0.05) is 0 Å². The van der Waals surface area contributed by atoms with E-state index in [0.29, 0.717) is 0 Å². The van der Waals surface area contributed by atoms with Crippen LogP contribution < -0.4 is 2.81 Å². The molecule has 120 valence electrons. The van der Waals surface area contributed by atoms with Gasteiger partial charge < -0.3 is 0 Å². The van der Waals surface area contributed by atoms with E-state index in [1.165, 1.54) is 18.2 Å². The van der Waals surface area contributed by atoms with Crippen LogP contribution in [0.5, 0.6) is 0 Å². The molecule has 0 unspecified atom stereocenters. The van der Waals surface area contributed by atoms with Crippen LogP contribution in [-0.2, 0) is 30.4 Å². The molecule has 0 fully saturated rings. The Balaban J connectivity index is 3.43. The molecule has 0 saturated carbocycles. The second-order valence-electron chi connectivity index (χ2n) is 4.58. The minimum absolute atomic E-state index is 0.0202. The number of hydrogen-bond donors (Lipinski definition) is 3. The minimum atomic E-state index is -5.40. The number of fused-ring (bicyclic) bond motifs is 1. The van der Waals surface area contributed by atoms with E-state index in [4.69, 9.17) is 0 Å². The van der Waals surface area contributed by atoms with Crippen LogP contribution in [0.1, 0.15) is 0 Å². The van der Waals surface area contributed by atoms with Crippen molar-refractivity contribution in [3.05, 3.63) is 24.3 Å². The summed E-state index contributed by atoms with van der Waals surface area (Å²) in [5, 5.41) is -0.271. The van der Waals surface area contributed by atoms with Crippen LogP contribution in [0, 0.1) is 0 Å². The van der Waals surface area contributed by atoms with E-state index < -0.39 is 45.0 Å². The quantitative estimate of drug-likeness (QED) is 0.457. The summed E-state index contributed by atoms with van der Waals surface area (Å²) in [4.78, 5) is -4.12. The molecule has 23 heavy (non-hydrogen) atoms. The van der Waals surface area contributed by atoms with Crippen molar-refractivity contribution in [2.45, 2.75) is 14.7 Å². The normalized spacial score (nSPS) is 13.4. The van der Waals surface area contributed by atoms with Crippen molar-refractivity contribution in [1.82, 2.24) is 0 Å². The Labute approximate surface area is 149 Å². The zero-order chi connectivity index (χ0) is 17.8. The summed E-state index contributed by atoms with van der Waals surface area (Å²) in [6.45, 7) is 0. The third kappa shape index (κ3) is 3.45. The molecule has 0 bridgehead atoms. The molecule has 0 radical (unpaired) electrons. The van der Waals surface area contributed by atoms with E-state index in [1.807, 2.05) is 0 Å². The zero-order valence-electron chi connectivity index (χ0n) is 11.3. The van der Waals surface area contributed by atoms with Gasteiger partial charge in [-0.25, -0.2) is 0 Å². The predicted octanol–water partition coefficient (Wildman–Crippen LogP) is -0.626. The molecule has 0 atom stereocenters. The molecule has 13 heteroatoms. The molecule has 2 aromatic rings. The summed E-state index contributed by atoms with van der Waals surface area (Å²) < 4.78 is 97.3. The van der Waals surface area contributed by atoms with Gasteiger partial charge in [-0.05, 0) is 0 Å². The summed E-state index contributed by atoms with van der Waals surface area (Å²) >= 11 is -0.105. The average Bonchev–Trinajstić information content (AvgIpc) is 2.34. The summed E-state index contributed by atoms with van der Waals surface area (Å²) in [5.74, 6) is 0. The molecule has 0 amide bonds. The molecule has 3 N–H and O–H groups in total. The Kier molecular flexibility index (Phi) is 4.69. The van der Waals surface area contributed by atoms with Gasteiger partial charge in [0.05, 0.1) is 0 Å². The fourth-order valence-corrected chi connectivity index (χ4v) is 7.65. The van der Waals surface area contributed by atoms with Crippen molar-refractivity contribution in [3.8, 4) is 0 Å². The standard InChI is InChI=1S/C10H7O9S3.Na/c11-20(12,13)8-5-6-3-1-2-4-7(6)9(21(14,15)16)10(8)22(17,18)19;/h1-4H,(H,11,12,13)(H,14,15,16)(H,17,18,19);. The maximum atomic E-state index is 11.6. The number of hydrogen-bond acceptors (Lipinski definition) is 6. The van der Waals surface area contributed by atoms with E-state index in [-0.39, 0.29) is 41.5 Å². The zero-order valence-corrected chi connectivity index (χ0v) is 15.8. The Morgan fingerprint density at radius 1 is 0.652 bits per heavy atom. The number of benzene rings is 2. The van der Waals surface area contributed by atoms with Crippen LogP contribution in [0.15, 0.2) is 39.0 Å². The first-order valence-electron chi connectivity index (χ1n) is 5.74. The van der Waals surface area contributed by atoms with E-state index in [2.05, 4.69) is 0 Å². The second kappa shape index (κ2) is 5.75. The van der Waals surface area contributed by atoms with Gasteiger partial charge in [0.25, 0.3) is 0 Å². The van der Waals surface area contributed by atoms with Crippen LogP contribution in [0.4, 0.5) is 0 Å². The van der Waals surface area contributed by atoms with E-state index >= 15 is 0 Å². The molecule has 0 aromatic heterocycles. The van der Waals surface area contributed by atoms with Crippen molar-refractivity contribution in [2.75, 3.05) is 0 Å². The van der Waals surface area contributed by atoms with E-state index in [9.17, 15) is 38.9 Å². The van der Waals surface area contributed by atoms with Crippen molar-refractivity contribution in [2.24, 2.45) is 0 Å². The first-order valence-corrected chi connectivity index (χ1v) is 11.1. The second-order valence-corrected chi connectivity index (χ2v) is 9.66. The van der Waals surface area contributed by atoms with Crippen LogP contribution in [0.2, 0.25) is 0 Å². The summed E-state index contributed by atoms with van der Waals surface area (Å²) in [6.07, 6.45) is 0. The van der Waals surface area contributed by atoms with Gasteiger partial charge in [0.2, 0.25) is 0 Å². The van der Waals surface area contributed by atoms with Crippen LogP contribution in [-0.4, -0.2) is 66.8 Å². The van der Waals surface area contributed by atoms with Gasteiger partial charge in [-0.15, -0.1) is 0 Å². The Bertz CT molecular complexity index is 1130. The third-order valence-corrected chi connectivity index (χ3v) is 7.65. The Morgan fingerprint density at radius 3 is 1.43 bits per heavy atom. The molecular weight excluding hydrogens is 383 g/mol. The van der Waals surface area contributed by atoms with Gasteiger partial charge in [0, 0.05) is 0 Å². The van der Waals surface area contributed by atoms with Gasteiger partial charge >= 0.3 is 150 Å². The monoisotopic (exact) mass is 390 g/mol. The molecule has 9 nitrogen and oxygen atoms in total. The summed E-state index contributed by atoms with van der Waals surface area (Å²) in [6, 6.07) is 5.20. The predicted molar refractivity (Wildman–Crippen MR) is 78.8 cm³/mol. The van der Waals surface area contributed by atoms with Gasteiger partial charge in [0.1, 0.15) is 0 Å². The Hall–Kier alpha value is -0.570. The van der Waals surface area contributed by atoms with Crippen LogP contribution in [0.25, 0.3) is 10.8 Å². The molecule has 2 aromatic carbocycles. The topological polar surface area (TPSA) is 163 Å². The Morgan fingerprint density at radius 2 is 1.04 bits per heavy atom. The maximum absolute atomic E-state index is 11.6. The first kappa shape index (κ1) is 18.8. The molecule has 0 spiro atoms. The van der Waals surface area contributed by atoms with Crippen molar-refractivity contribution in [3.63, 3.8) is 0 Å². The van der Waals surface area contributed by atoms with Crippen molar-refractivity contribution >= 4 is 71.9 Å². The summed E-state index contributed by atoms with van der Waals surface area (Å²) in [5.41, 5.74) is 0. The molecule has 0 aliphatic carbocycles. The molecule has 2 rings (SSSR count). The SMILES string of the molecule is O=S(=O)(O)c1c(S(=O)(=O)O)c(S(=O)(=O)O)c2ccccc2[c]1[Na]. The average molecular weight is 390 g/mol. The fourth-order valence-electron chi connectivity index (χ4n) is 2.33. The van der Waals surface area contributed by atoms with Gasteiger partial charge in [0.15, 0.2) is 0 Å². The molecule has 0 aliphatic heterocycles. The number of rotatable bonds is 3. The molecule has 0 heterocycles. The first-order chi connectivity index (χ1) is 10.3. The van der Waals surface area contributed by atoms with Crippen LogP contribution >= 0.6 is 0 Å². The molecule has 0 aliphatic rings. The molecular formula is C10H7NaO9S3. The summed E-state index contributed by atoms with van der Waals surface area (Å²) in [7, 11) is -15.8. The van der Waals surface area contributed by atoms with Gasteiger partial charge in [-0.3, -0.25) is 0 Å².